The molecule has 0 saturated carbocycles. The van der Waals surface area contributed by atoms with Crippen molar-refractivity contribution in [2.45, 2.75) is 11.4 Å². The molecule has 0 unspecified atom stereocenters. The Kier molecular flexibility index (Phi) is 2.65. The normalized spacial score (nSPS) is 10.1. The van der Waals surface area contributed by atoms with Gasteiger partial charge in [0.25, 0.3) is 0 Å². The third kappa shape index (κ3) is 1.61. The van der Waals surface area contributed by atoms with Crippen LogP contribution in [0.25, 0.3) is 0 Å². The van der Waals surface area contributed by atoms with Gasteiger partial charge in [-0.05, 0) is 11.6 Å². The number of hydrogen-bond acceptors (Lipinski definition) is 3. The summed E-state index contributed by atoms with van der Waals surface area (Å²) in [7, 11) is 0. The van der Waals surface area contributed by atoms with Crippen molar-refractivity contribution in [3.8, 4) is 0 Å². The fourth-order valence-corrected chi connectivity index (χ4v) is 1.26. The molecule has 0 amide bonds. The van der Waals surface area contributed by atoms with Gasteiger partial charge in [-0.25, -0.2) is 0 Å². The highest BCUT2D eigenvalue weighted by Crippen LogP contribution is 2.29. The van der Waals surface area contributed by atoms with E-state index >= 15 is 0 Å². The lowest BCUT2D eigenvalue weighted by molar-refractivity contribution is 1.03. The van der Waals surface area contributed by atoms with Gasteiger partial charge in [-0.3, -0.25) is 0 Å². The third-order valence-electron chi connectivity index (χ3n) is 1.45. The van der Waals surface area contributed by atoms with E-state index in [1.165, 1.54) is 0 Å². The predicted molar refractivity (Wildman–Crippen MR) is 51.0 cm³/mol. The molecule has 0 aromatic heterocycles. The molecular weight excluding hydrogens is 180 g/mol. The van der Waals surface area contributed by atoms with Crippen molar-refractivity contribution >= 4 is 29.9 Å². The van der Waals surface area contributed by atoms with Crippen LogP contribution >= 0.6 is 24.2 Å². The van der Waals surface area contributed by atoms with Crippen LogP contribution in [-0.2, 0) is 6.54 Å². The second-order valence-electron chi connectivity index (χ2n) is 2.18. The summed E-state index contributed by atoms with van der Waals surface area (Å²) >= 11 is 9.97. The van der Waals surface area contributed by atoms with E-state index in [9.17, 15) is 0 Å². The average molecular weight is 189 g/mol. The molecule has 11 heavy (non-hydrogen) atoms. The van der Waals surface area contributed by atoms with E-state index in [1.54, 1.807) is 6.07 Å². The summed E-state index contributed by atoms with van der Waals surface area (Å²) < 4.78 is 0. The lowest BCUT2D eigenvalue weighted by atomic mass is 10.2. The van der Waals surface area contributed by atoms with Crippen molar-refractivity contribution in [3.63, 3.8) is 0 Å². The zero-order valence-corrected chi connectivity index (χ0v) is 7.49. The zero-order chi connectivity index (χ0) is 8.43. The van der Waals surface area contributed by atoms with Gasteiger partial charge in [0.2, 0.25) is 0 Å². The second kappa shape index (κ2) is 3.34. The molecule has 0 aliphatic heterocycles. The second-order valence-corrected chi connectivity index (χ2v) is 3.01. The highest BCUT2D eigenvalue weighted by Gasteiger charge is 2.04. The van der Waals surface area contributed by atoms with E-state index < -0.39 is 0 Å². The van der Waals surface area contributed by atoms with Crippen molar-refractivity contribution in [1.29, 1.82) is 0 Å². The first-order valence-electron chi connectivity index (χ1n) is 3.12. The summed E-state index contributed by atoms with van der Waals surface area (Å²) in [5.41, 5.74) is 12.4. The molecule has 0 spiro atoms. The molecule has 0 bridgehead atoms. The maximum absolute atomic E-state index is 5.80. The molecule has 2 nitrogen and oxygen atoms in total. The lowest BCUT2D eigenvalue weighted by Crippen LogP contribution is -1.99. The molecule has 60 valence electrons. The Morgan fingerprint density at radius 1 is 1.45 bits per heavy atom. The van der Waals surface area contributed by atoms with Crippen molar-refractivity contribution in [2.24, 2.45) is 5.73 Å². The number of hydrogen-bond donors (Lipinski definition) is 3. The predicted octanol–water partition coefficient (Wildman–Crippen LogP) is 1.67. The van der Waals surface area contributed by atoms with Crippen LogP contribution in [-0.4, -0.2) is 0 Å². The van der Waals surface area contributed by atoms with E-state index in [0.717, 1.165) is 5.56 Å². The van der Waals surface area contributed by atoms with Gasteiger partial charge in [0, 0.05) is 11.4 Å². The fourth-order valence-electron chi connectivity index (χ4n) is 0.785. The molecular formula is C7H9ClN2S. The van der Waals surface area contributed by atoms with Gasteiger partial charge in [-0.15, -0.1) is 12.6 Å². The first-order chi connectivity index (χ1) is 5.16. The lowest BCUT2D eigenvalue weighted by Gasteiger charge is -2.05. The van der Waals surface area contributed by atoms with Crippen molar-refractivity contribution in [3.05, 3.63) is 22.7 Å². The minimum atomic E-state index is 0.429. The Morgan fingerprint density at radius 2 is 2.09 bits per heavy atom. The minimum absolute atomic E-state index is 0.429. The average Bonchev–Trinajstić information content (AvgIpc) is 2.01. The van der Waals surface area contributed by atoms with Crippen LogP contribution < -0.4 is 11.5 Å². The van der Waals surface area contributed by atoms with Gasteiger partial charge < -0.3 is 11.5 Å². The monoisotopic (exact) mass is 188 g/mol. The van der Waals surface area contributed by atoms with Gasteiger partial charge in [-0.2, -0.15) is 0 Å². The van der Waals surface area contributed by atoms with E-state index in [1.807, 2.05) is 6.07 Å². The molecule has 4 heteroatoms. The standard InChI is InChI=1S/C7H9ClN2S/c8-6-5(10)2-1-4(3-9)7(6)11/h1-2,11H,3,9-10H2. The van der Waals surface area contributed by atoms with Gasteiger partial charge in [-0.1, -0.05) is 17.7 Å². The van der Waals surface area contributed by atoms with Crippen LogP contribution in [0.2, 0.25) is 5.02 Å². The van der Waals surface area contributed by atoms with Crippen molar-refractivity contribution in [2.75, 3.05) is 5.73 Å². The molecule has 1 aromatic rings. The van der Waals surface area contributed by atoms with Crippen molar-refractivity contribution < 1.29 is 0 Å². The molecule has 4 N–H and O–H groups in total. The smallest absolute Gasteiger partial charge is 0.0771 e. The first kappa shape index (κ1) is 8.71. The Hall–Kier alpha value is -0.380. The van der Waals surface area contributed by atoms with Crippen molar-refractivity contribution in [1.82, 2.24) is 0 Å². The fraction of sp³-hybridized carbons (Fsp3) is 0.143. The highest BCUT2D eigenvalue weighted by atomic mass is 35.5. The quantitative estimate of drug-likeness (QED) is 0.464. The van der Waals surface area contributed by atoms with E-state index in [-0.39, 0.29) is 0 Å². The molecule has 0 atom stereocenters. The van der Waals surface area contributed by atoms with Crippen LogP contribution in [0, 0.1) is 0 Å². The largest absolute Gasteiger partial charge is 0.397 e. The van der Waals surface area contributed by atoms with Gasteiger partial charge >= 0.3 is 0 Å². The number of nitrogen functional groups attached to an aromatic ring is 1. The molecule has 0 aliphatic rings. The van der Waals surface area contributed by atoms with E-state index in [0.29, 0.717) is 22.2 Å². The number of nitrogens with two attached hydrogens (primary N) is 2. The van der Waals surface area contributed by atoms with E-state index in [4.69, 9.17) is 23.1 Å². The van der Waals surface area contributed by atoms with Crippen LogP contribution in [0.5, 0.6) is 0 Å². The summed E-state index contributed by atoms with van der Waals surface area (Å²) in [5.74, 6) is 0. The summed E-state index contributed by atoms with van der Waals surface area (Å²) in [6.45, 7) is 0.429. The Morgan fingerprint density at radius 3 is 2.64 bits per heavy atom. The molecule has 0 radical (unpaired) electrons. The van der Waals surface area contributed by atoms with Crippen LogP contribution in [0.4, 0.5) is 5.69 Å². The number of thiol groups is 1. The number of halogens is 1. The van der Waals surface area contributed by atoms with Crippen LogP contribution in [0.1, 0.15) is 5.56 Å². The zero-order valence-electron chi connectivity index (χ0n) is 5.84. The highest BCUT2D eigenvalue weighted by molar-refractivity contribution is 7.80. The minimum Gasteiger partial charge on any atom is -0.397 e. The van der Waals surface area contributed by atoms with Gasteiger partial charge in [0.15, 0.2) is 0 Å². The Bertz CT molecular complexity index is 275. The summed E-state index contributed by atoms with van der Waals surface area (Å²) in [6, 6.07) is 3.55. The summed E-state index contributed by atoms with van der Waals surface area (Å²) in [6.07, 6.45) is 0. The molecule has 0 saturated heterocycles. The van der Waals surface area contributed by atoms with Crippen LogP contribution in [0.15, 0.2) is 17.0 Å². The Labute approximate surface area is 75.9 Å². The summed E-state index contributed by atoms with van der Waals surface area (Å²) in [5, 5.41) is 0.483. The van der Waals surface area contributed by atoms with Gasteiger partial charge in [0.1, 0.15) is 0 Å². The Balaban J connectivity index is 3.25. The molecule has 1 rings (SSSR count). The molecule has 0 fully saturated rings. The topological polar surface area (TPSA) is 52.0 Å². The van der Waals surface area contributed by atoms with Crippen LogP contribution in [0.3, 0.4) is 0 Å². The summed E-state index contributed by atoms with van der Waals surface area (Å²) in [4.78, 5) is 0.675. The number of anilines is 1. The number of benzene rings is 1. The molecule has 0 aliphatic carbocycles. The molecule has 1 aromatic carbocycles. The SMILES string of the molecule is NCc1ccc(N)c(Cl)c1S. The first-order valence-corrected chi connectivity index (χ1v) is 3.95. The van der Waals surface area contributed by atoms with Gasteiger partial charge in [0.05, 0.1) is 10.7 Å². The maximum atomic E-state index is 5.80. The maximum Gasteiger partial charge on any atom is 0.0771 e. The number of rotatable bonds is 1. The van der Waals surface area contributed by atoms with E-state index in [2.05, 4.69) is 12.6 Å². The molecule has 0 heterocycles. The third-order valence-corrected chi connectivity index (χ3v) is 2.50.